The van der Waals surface area contributed by atoms with Crippen LogP contribution in [0.1, 0.15) is 20.8 Å². The highest BCUT2D eigenvalue weighted by Gasteiger charge is 2.62. The van der Waals surface area contributed by atoms with Crippen LogP contribution in [0.15, 0.2) is 77.1 Å². The van der Waals surface area contributed by atoms with Gasteiger partial charge in [0.15, 0.2) is 10.9 Å². The highest BCUT2D eigenvalue weighted by atomic mass is 32.2. The zero-order valence-corrected chi connectivity index (χ0v) is 28.6. The highest BCUT2D eigenvalue weighted by molar-refractivity contribution is 8.14. The van der Waals surface area contributed by atoms with Gasteiger partial charge >= 0.3 is 19.8 Å². The van der Waals surface area contributed by atoms with Crippen molar-refractivity contribution in [3.63, 3.8) is 0 Å². The van der Waals surface area contributed by atoms with Crippen molar-refractivity contribution in [2.45, 2.75) is 38.2 Å². The van der Waals surface area contributed by atoms with Gasteiger partial charge in [-0.2, -0.15) is 17.2 Å². The van der Waals surface area contributed by atoms with Crippen molar-refractivity contribution in [3.8, 4) is 11.5 Å². The standard InChI is InChI=1S/C25H26NO10P.C6H10N2S2/c1-15-21-20(16(2)27)24(29)26(21)22(25(30)33-14-32-17(3)28)23(15)36-37(31,34-18-10-6-4-7-11-18)35-19-12-8-5-9-13-19;9-5-3-8(4-5)6-7-1-2-10-6/h4-13,15-16,20-21,27H,14H2,1-3H3;5,9H,1-4H2/t15-,16-,20-,21-;/m1./s1. The number of aliphatic hydroxyl groups excluding tert-OH is 1. The molecular weight excluding hydrogens is 669 g/mol. The van der Waals surface area contributed by atoms with Gasteiger partial charge in [0.1, 0.15) is 17.3 Å². The van der Waals surface area contributed by atoms with Crippen LogP contribution in [-0.2, 0) is 32.9 Å². The van der Waals surface area contributed by atoms with E-state index in [2.05, 4.69) is 27.3 Å². The molecule has 2 aromatic rings. The number of hydrogen-bond donors (Lipinski definition) is 2. The number of rotatable bonds is 10. The number of likely N-dealkylation sites (tertiary alicyclic amines) is 1. The van der Waals surface area contributed by atoms with Crippen LogP contribution >= 0.6 is 32.2 Å². The normalized spacial score (nSPS) is 22.5. The summed E-state index contributed by atoms with van der Waals surface area (Å²) in [6.07, 6.45) is -1.01. The van der Waals surface area contributed by atoms with Crippen molar-refractivity contribution < 1.29 is 47.1 Å². The van der Waals surface area contributed by atoms with Crippen molar-refractivity contribution in [1.82, 2.24) is 9.80 Å². The van der Waals surface area contributed by atoms with Gasteiger partial charge in [-0.3, -0.25) is 19.5 Å². The van der Waals surface area contributed by atoms with E-state index in [0.29, 0.717) is 5.25 Å². The number of benzene rings is 2. The molecule has 2 aromatic carbocycles. The van der Waals surface area contributed by atoms with E-state index in [1.165, 1.54) is 17.8 Å². The van der Waals surface area contributed by atoms with Gasteiger partial charge in [-0.05, 0) is 31.2 Å². The molecule has 0 aliphatic carbocycles. The number of hydrogen-bond acceptors (Lipinski definition) is 14. The molecule has 1 N–H and O–H groups in total. The molecular formula is C31H36N3O10PS2. The number of amidine groups is 1. The van der Waals surface area contributed by atoms with E-state index >= 15 is 0 Å². The maximum atomic E-state index is 14.0. The van der Waals surface area contributed by atoms with Gasteiger partial charge in [0.25, 0.3) is 0 Å². The number of carbonyl (C=O) groups is 3. The molecule has 2 fully saturated rings. The molecule has 16 heteroatoms. The molecule has 13 nitrogen and oxygen atoms in total. The first-order valence-corrected chi connectivity index (χ1v) is 17.9. The Morgan fingerprint density at radius 2 is 1.64 bits per heavy atom. The van der Waals surface area contributed by atoms with E-state index < -0.39 is 56.4 Å². The van der Waals surface area contributed by atoms with Crippen molar-refractivity contribution >= 4 is 55.2 Å². The van der Waals surface area contributed by atoms with E-state index in [1.807, 2.05) is 11.8 Å². The maximum absolute atomic E-state index is 14.0. The first-order chi connectivity index (χ1) is 22.5. The fourth-order valence-electron chi connectivity index (χ4n) is 5.39. The second kappa shape index (κ2) is 15.1. The minimum Gasteiger partial charge on any atom is -0.428 e. The minimum absolute atomic E-state index is 0.174. The molecule has 0 saturated carbocycles. The summed E-state index contributed by atoms with van der Waals surface area (Å²) in [5.41, 5.74) is -0.333. The van der Waals surface area contributed by atoms with Crippen LogP contribution in [0.5, 0.6) is 11.5 Å². The Morgan fingerprint density at radius 3 is 2.13 bits per heavy atom. The van der Waals surface area contributed by atoms with E-state index in [0.717, 1.165) is 31.5 Å². The van der Waals surface area contributed by atoms with Gasteiger partial charge in [0.2, 0.25) is 12.7 Å². The summed E-state index contributed by atoms with van der Waals surface area (Å²) < 4.78 is 40.8. The molecule has 2 saturated heterocycles. The van der Waals surface area contributed by atoms with Crippen molar-refractivity contribution in [2.24, 2.45) is 16.8 Å². The number of aliphatic hydroxyl groups is 1. The largest absolute Gasteiger partial charge is 0.646 e. The molecule has 252 valence electrons. The van der Waals surface area contributed by atoms with E-state index in [9.17, 15) is 24.1 Å². The number of phosphoric acid groups is 1. The van der Waals surface area contributed by atoms with Gasteiger partial charge in [-0.25, -0.2) is 4.79 Å². The Bertz CT molecular complexity index is 1520. The first kappa shape index (κ1) is 34.7. The maximum Gasteiger partial charge on any atom is 0.646 e. The van der Waals surface area contributed by atoms with Crippen LogP contribution in [0.25, 0.3) is 0 Å². The predicted molar refractivity (Wildman–Crippen MR) is 177 cm³/mol. The molecule has 4 atom stereocenters. The summed E-state index contributed by atoms with van der Waals surface area (Å²) in [6.45, 7) is 6.74. The summed E-state index contributed by atoms with van der Waals surface area (Å²) in [5.74, 6) is -2.43. The molecule has 0 unspecified atom stereocenters. The fourth-order valence-corrected chi connectivity index (χ4v) is 8.03. The zero-order chi connectivity index (χ0) is 33.7. The Labute approximate surface area is 282 Å². The van der Waals surface area contributed by atoms with E-state index in [-0.39, 0.29) is 23.0 Å². The highest BCUT2D eigenvalue weighted by Crippen LogP contribution is 2.57. The van der Waals surface area contributed by atoms with Gasteiger partial charge in [-0.15, -0.1) is 0 Å². The lowest BCUT2D eigenvalue weighted by atomic mass is 9.79. The summed E-state index contributed by atoms with van der Waals surface area (Å²) in [4.78, 5) is 44.8. The summed E-state index contributed by atoms with van der Waals surface area (Å²) in [5, 5.41) is 12.0. The molecule has 0 bridgehead atoms. The van der Waals surface area contributed by atoms with Crippen LogP contribution in [0.4, 0.5) is 0 Å². The molecule has 0 spiro atoms. The second-order valence-electron chi connectivity index (χ2n) is 11.1. The lowest BCUT2D eigenvalue weighted by Crippen LogP contribution is -2.63. The molecule has 0 radical (unpaired) electrons. The minimum atomic E-state index is -4.51. The number of esters is 2. The van der Waals surface area contributed by atoms with Gasteiger partial charge in [-0.1, -0.05) is 55.1 Å². The van der Waals surface area contributed by atoms with Crippen molar-refractivity contribution in [1.29, 1.82) is 0 Å². The average Bonchev–Trinajstić information content (AvgIpc) is 3.62. The van der Waals surface area contributed by atoms with Gasteiger partial charge < -0.3 is 33.1 Å². The molecule has 4 heterocycles. The van der Waals surface area contributed by atoms with Crippen LogP contribution in [0, 0.1) is 11.8 Å². The van der Waals surface area contributed by atoms with Gasteiger partial charge in [0, 0.05) is 36.9 Å². The molecule has 4 aliphatic rings. The topological polar surface area (TPSA) is 154 Å². The molecule has 4 aliphatic heterocycles. The summed E-state index contributed by atoms with van der Waals surface area (Å²) >= 11 is 6.20. The molecule has 1 amide bonds. The number of β-lactam (4-membered cyclic amide) rings is 1. The number of phosphoric ester groups is 1. The Hall–Kier alpha value is -3.65. The smallest absolute Gasteiger partial charge is 0.428 e. The zero-order valence-electron chi connectivity index (χ0n) is 26.0. The van der Waals surface area contributed by atoms with Gasteiger partial charge in [0.05, 0.1) is 24.6 Å². The van der Waals surface area contributed by atoms with Crippen molar-refractivity contribution in [3.05, 3.63) is 72.1 Å². The quantitative estimate of drug-likeness (QED) is 0.120. The monoisotopic (exact) mass is 705 g/mol. The third kappa shape index (κ3) is 8.08. The molecule has 0 aromatic heterocycles. The van der Waals surface area contributed by atoms with Crippen LogP contribution in [0.3, 0.4) is 0 Å². The number of thioether (sulfide) groups is 1. The third-order valence-corrected chi connectivity index (χ3v) is 10.2. The van der Waals surface area contributed by atoms with Crippen LogP contribution < -0.4 is 9.05 Å². The summed E-state index contributed by atoms with van der Waals surface area (Å²) in [7, 11) is -4.51. The first-order valence-electron chi connectivity index (χ1n) is 14.9. The number of fused-ring (bicyclic) bond motifs is 1. The van der Waals surface area contributed by atoms with E-state index in [4.69, 9.17) is 18.3 Å². The van der Waals surface area contributed by atoms with Crippen LogP contribution in [-0.4, -0.2) is 87.5 Å². The number of nitrogens with zero attached hydrogens (tertiary/aromatic N) is 3. The van der Waals surface area contributed by atoms with E-state index in [1.54, 1.807) is 67.6 Å². The lowest BCUT2D eigenvalue weighted by molar-refractivity contribution is -0.171. The molecule has 6 rings (SSSR count). The number of ether oxygens (including phenoxy) is 2. The predicted octanol–water partition coefficient (Wildman–Crippen LogP) is 4.11. The summed E-state index contributed by atoms with van der Waals surface area (Å²) in [6, 6.07) is 15.6. The average molecular weight is 706 g/mol. The Kier molecular flexibility index (Phi) is 11.1. The van der Waals surface area contributed by atoms with Crippen LogP contribution in [0.2, 0.25) is 0 Å². The SMILES string of the molecule is CC(=O)OCOC(=O)C1=C(OP(=O)(Oc2ccccc2)Oc2ccccc2)[C@H](C)[C@@H]2[C@@H]([C@@H](C)O)C(=O)N12.SC1CN(C2=NCCS2)C1. The third-order valence-electron chi connectivity index (χ3n) is 7.59. The fraction of sp³-hybridized carbons (Fsp3) is 0.419. The van der Waals surface area contributed by atoms with Crippen molar-refractivity contribution in [2.75, 3.05) is 32.2 Å². The number of amides is 1. The Balaban J connectivity index is 0.000000365. The molecule has 47 heavy (non-hydrogen) atoms. The second-order valence-corrected chi connectivity index (χ2v) is 14.3. The number of aliphatic imine (C=N–C) groups is 1. The Morgan fingerprint density at radius 1 is 1.04 bits per heavy atom. The lowest BCUT2D eigenvalue weighted by Gasteiger charge is -2.46. The number of thiol groups is 1. The number of para-hydroxylation sites is 2. The number of carbonyl (C=O) groups excluding carboxylic acids is 3.